The van der Waals surface area contributed by atoms with Gasteiger partial charge in [-0.2, -0.15) is 5.10 Å². The van der Waals surface area contributed by atoms with E-state index in [0.29, 0.717) is 12.0 Å². The highest BCUT2D eigenvalue weighted by atomic mass is 16.3. The minimum atomic E-state index is 0.420. The van der Waals surface area contributed by atoms with Crippen LogP contribution in [0.5, 0.6) is 0 Å². The van der Waals surface area contributed by atoms with Gasteiger partial charge in [-0.15, -0.1) is 0 Å². The molecule has 26 heavy (non-hydrogen) atoms. The molecule has 0 unspecified atom stereocenters. The van der Waals surface area contributed by atoms with Gasteiger partial charge in [-0.25, -0.2) is 4.98 Å². The van der Waals surface area contributed by atoms with Crippen molar-refractivity contribution in [3.63, 3.8) is 0 Å². The summed E-state index contributed by atoms with van der Waals surface area (Å²) in [6, 6.07) is 8.37. The second kappa shape index (κ2) is 7.21. The summed E-state index contributed by atoms with van der Waals surface area (Å²) in [5, 5.41) is 4.38. The van der Waals surface area contributed by atoms with Crippen molar-refractivity contribution in [3.8, 4) is 0 Å². The summed E-state index contributed by atoms with van der Waals surface area (Å²) in [5.41, 5.74) is 3.11. The number of fused-ring (bicyclic) bond motifs is 1. The zero-order valence-electron chi connectivity index (χ0n) is 15.8. The Morgan fingerprint density at radius 3 is 2.88 bits per heavy atom. The van der Waals surface area contributed by atoms with E-state index in [0.717, 1.165) is 36.6 Å². The molecule has 1 saturated heterocycles. The monoisotopic (exact) mass is 353 g/mol. The van der Waals surface area contributed by atoms with Crippen LogP contribution in [-0.4, -0.2) is 51.7 Å². The smallest absolute Gasteiger partial charge is 0.209 e. The zero-order chi connectivity index (χ0) is 18.1. The summed E-state index contributed by atoms with van der Waals surface area (Å²) in [5.74, 6) is 1.36. The molecule has 0 saturated carbocycles. The third-order valence-electron chi connectivity index (χ3n) is 5.36. The fourth-order valence-electron chi connectivity index (χ4n) is 4.25. The number of aryl methyl sites for hydroxylation is 1. The molecule has 2 aromatic heterocycles. The Kier molecular flexibility index (Phi) is 4.78. The van der Waals surface area contributed by atoms with Gasteiger partial charge in [0.15, 0.2) is 5.58 Å². The Labute approximate surface area is 154 Å². The van der Waals surface area contributed by atoms with Crippen LogP contribution in [0.2, 0.25) is 0 Å². The van der Waals surface area contributed by atoms with Crippen LogP contribution < -0.4 is 0 Å². The van der Waals surface area contributed by atoms with Crippen molar-refractivity contribution < 1.29 is 4.42 Å². The van der Waals surface area contributed by atoms with Crippen LogP contribution in [0.4, 0.5) is 0 Å². The summed E-state index contributed by atoms with van der Waals surface area (Å²) in [7, 11) is 6.37. The molecule has 6 nitrogen and oxygen atoms in total. The third kappa shape index (κ3) is 3.52. The molecule has 0 amide bonds. The van der Waals surface area contributed by atoms with Crippen LogP contribution in [0.15, 0.2) is 41.1 Å². The predicted molar refractivity (Wildman–Crippen MR) is 102 cm³/mol. The van der Waals surface area contributed by atoms with E-state index in [1.807, 2.05) is 42.2 Å². The van der Waals surface area contributed by atoms with Crippen LogP contribution in [0, 0.1) is 5.92 Å². The molecule has 4 rings (SSSR count). The second-order valence-electron chi connectivity index (χ2n) is 7.55. The Morgan fingerprint density at radius 2 is 2.12 bits per heavy atom. The first-order valence-electron chi connectivity index (χ1n) is 9.32. The van der Waals surface area contributed by atoms with E-state index in [2.05, 4.69) is 40.2 Å². The molecule has 3 aromatic rings. The van der Waals surface area contributed by atoms with Gasteiger partial charge in [0.25, 0.3) is 0 Å². The molecule has 0 aliphatic carbocycles. The SMILES string of the molecule is CN(Cc1nc2ccccc2o1)C[C@@H]1CCCN(C)[C@H]1c1cnn(C)c1. The number of aromatic nitrogens is 3. The predicted octanol–water partition coefficient (Wildman–Crippen LogP) is 3.08. The van der Waals surface area contributed by atoms with E-state index in [1.165, 1.54) is 18.4 Å². The highest BCUT2D eigenvalue weighted by molar-refractivity contribution is 5.72. The standard InChI is InChI=1S/C20H27N5O/c1-23(14-19-22-17-8-4-5-9-18(17)26-19)12-15-7-6-10-24(2)20(15)16-11-21-25(3)13-16/h4-5,8-9,11,13,15,20H,6-7,10,12,14H2,1-3H3/t15-,20+/m0/s1. The second-order valence-corrected chi connectivity index (χ2v) is 7.55. The van der Waals surface area contributed by atoms with Crippen molar-refractivity contribution in [3.05, 3.63) is 48.1 Å². The molecular formula is C20H27N5O. The third-order valence-corrected chi connectivity index (χ3v) is 5.36. The lowest BCUT2D eigenvalue weighted by molar-refractivity contribution is 0.0904. The molecule has 1 fully saturated rings. The van der Waals surface area contributed by atoms with E-state index in [-0.39, 0.29) is 0 Å². The highest BCUT2D eigenvalue weighted by Crippen LogP contribution is 2.35. The van der Waals surface area contributed by atoms with Gasteiger partial charge in [-0.05, 0) is 51.5 Å². The Balaban J connectivity index is 1.46. The maximum atomic E-state index is 5.89. The molecule has 0 bridgehead atoms. The minimum Gasteiger partial charge on any atom is -0.439 e. The van der Waals surface area contributed by atoms with Crippen molar-refractivity contribution in [2.24, 2.45) is 13.0 Å². The lowest BCUT2D eigenvalue weighted by atomic mass is 9.86. The van der Waals surface area contributed by atoms with E-state index in [1.54, 1.807) is 0 Å². The van der Waals surface area contributed by atoms with E-state index in [4.69, 9.17) is 4.42 Å². The molecule has 1 aromatic carbocycles. The number of likely N-dealkylation sites (tertiary alicyclic amines) is 1. The number of hydrogen-bond donors (Lipinski definition) is 0. The summed E-state index contributed by atoms with van der Waals surface area (Å²) in [6.45, 7) is 2.89. The lowest BCUT2D eigenvalue weighted by Crippen LogP contribution is -2.40. The number of benzene rings is 1. The fourth-order valence-corrected chi connectivity index (χ4v) is 4.25. The largest absolute Gasteiger partial charge is 0.439 e. The summed E-state index contributed by atoms with van der Waals surface area (Å²) in [6.07, 6.45) is 6.65. The first-order valence-corrected chi connectivity index (χ1v) is 9.32. The number of rotatable bonds is 5. The van der Waals surface area contributed by atoms with Crippen LogP contribution in [0.25, 0.3) is 11.1 Å². The Bertz CT molecular complexity index is 837. The van der Waals surface area contributed by atoms with E-state index < -0.39 is 0 Å². The molecule has 138 valence electrons. The number of hydrogen-bond acceptors (Lipinski definition) is 5. The fraction of sp³-hybridized carbons (Fsp3) is 0.500. The van der Waals surface area contributed by atoms with Crippen molar-refractivity contribution in [2.45, 2.75) is 25.4 Å². The van der Waals surface area contributed by atoms with Crippen molar-refractivity contribution in [1.82, 2.24) is 24.6 Å². The molecule has 3 heterocycles. The topological polar surface area (TPSA) is 50.3 Å². The zero-order valence-corrected chi connectivity index (χ0v) is 15.8. The first kappa shape index (κ1) is 17.2. The first-order chi connectivity index (χ1) is 12.6. The average Bonchev–Trinajstić information content (AvgIpc) is 3.20. The van der Waals surface area contributed by atoms with Gasteiger partial charge in [-0.3, -0.25) is 14.5 Å². The Morgan fingerprint density at radius 1 is 1.27 bits per heavy atom. The molecule has 6 heteroatoms. The quantitative estimate of drug-likeness (QED) is 0.705. The molecule has 1 aliphatic heterocycles. The van der Waals surface area contributed by atoms with Crippen molar-refractivity contribution in [2.75, 3.05) is 27.2 Å². The van der Waals surface area contributed by atoms with Crippen LogP contribution >= 0.6 is 0 Å². The molecule has 0 radical (unpaired) electrons. The molecular weight excluding hydrogens is 326 g/mol. The van der Waals surface area contributed by atoms with Crippen molar-refractivity contribution in [1.29, 1.82) is 0 Å². The summed E-state index contributed by atoms with van der Waals surface area (Å²) < 4.78 is 7.79. The summed E-state index contributed by atoms with van der Waals surface area (Å²) in [4.78, 5) is 9.41. The van der Waals surface area contributed by atoms with Crippen molar-refractivity contribution >= 4 is 11.1 Å². The normalized spacial score (nSPS) is 21.7. The maximum absolute atomic E-state index is 5.89. The number of para-hydroxylation sites is 2. The minimum absolute atomic E-state index is 0.420. The molecule has 1 aliphatic rings. The van der Waals surface area contributed by atoms with E-state index in [9.17, 15) is 0 Å². The summed E-state index contributed by atoms with van der Waals surface area (Å²) >= 11 is 0. The highest BCUT2D eigenvalue weighted by Gasteiger charge is 2.32. The van der Waals surface area contributed by atoms with Gasteiger partial charge in [-0.1, -0.05) is 12.1 Å². The van der Waals surface area contributed by atoms with Crippen LogP contribution in [0.3, 0.4) is 0 Å². The maximum Gasteiger partial charge on any atom is 0.209 e. The van der Waals surface area contributed by atoms with Gasteiger partial charge >= 0.3 is 0 Å². The lowest BCUT2D eigenvalue weighted by Gasteiger charge is -2.40. The molecule has 0 spiro atoms. The van der Waals surface area contributed by atoms with Gasteiger partial charge in [0.2, 0.25) is 5.89 Å². The number of oxazole rings is 1. The van der Waals surface area contributed by atoms with E-state index >= 15 is 0 Å². The van der Waals surface area contributed by atoms with Gasteiger partial charge in [0.05, 0.1) is 12.7 Å². The average molecular weight is 353 g/mol. The van der Waals surface area contributed by atoms with Gasteiger partial charge in [0, 0.05) is 31.4 Å². The number of piperidine rings is 1. The van der Waals surface area contributed by atoms with Gasteiger partial charge < -0.3 is 4.42 Å². The Hall–Kier alpha value is -2.18. The van der Waals surface area contributed by atoms with Crippen LogP contribution in [-0.2, 0) is 13.6 Å². The number of nitrogens with zero attached hydrogens (tertiary/aromatic N) is 5. The molecule has 2 atom stereocenters. The van der Waals surface area contributed by atoms with Gasteiger partial charge in [0.1, 0.15) is 5.52 Å². The molecule has 0 N–H and O–H groups in total. The van der Waals surface area contributed by atoms with Crippen LogP contribution in [0.1, 0.15) is 30.3 Å².